The van der Waals surface area contributed by atoms with Crippen LogP contribution in [0.25, 0.3) is 12.2 Å². The molecule has 0 unspecified atom stereocenters. The van der Waals surface area contributed by atoms with Crippen LogP contribution in [0.3, 0.4) is 0 Å². The molecule has 0 atom stereocenters. The summed E-state index contributed by atoms with van der Waals surface area (Å²) in [4.78, 5) is 11.7. The minimum atomic E-state index is -4.72. The molecule has 25 heavy (non-hydrogen) atoms. The minimum absolute atomic E-state index is 0.231. The van der Waals surface area contributed by atoms with Gasteiger partial charge >= 0.3 is 6.36 Å². The Kier molecular flexibility index (Phi) is 5.69. The van der Waals surface area contributed by atoms with Crippen molar-refractivity contribution in [3.8, 4) is 11.5 Å². The van der Waals surface area contributed by atoms with Crippen molar-refractivity contribution in [2.24, 2.45) is 0 Å². The van der Waals surface area contributed by atoms with E-state index in [1.54, 1.807) is 30.4 Å². The number of halogens is 3. The molecule has 7 heteroatoms. The quantitative estimate of drug-likeness (QED) is 0.824. The van der Waals surface area contributed by atoms with Crippen LogP contribution in [-0.2, 0) is 0 Å². The lowest BCUT2D eigenvalue weighted by Gasteiger charge is -2.09. The topological polar surface area (TPSA) is 47.6 Å². The van der Waals surface area contributed by atoms with E-state index in [4.69, 9.17) is 4.74 Å². The number of ether oxygens (including phenoxy) is 2. The molecule has 0 spiro atoms. The van der Waals surface area contributed by atoms with E-state index in [9.17, 15) is 18.0 Å². The molecular formula is C18H16F3NO3. The molecule has 4 nitrogen and oxygen atoms in total. The Balaban J connectivity index is 2.21. The van der Waals surface area contributed by atoms with E-state index in [0.29, 0.717) is 22.4 Å². The molecule has 2 aromatic rings. The summed E-state index contributed by atoms with van der Waals surface area (Å²) in [6.45, 7) is 0. The predicted octanol–water partition coefficient (Wildman–Crippen LogP) is 4.12. The average molecular weight is 351 g/mol. The zero-order valence-corrected chi connectivity index (χ0v) is 13.6. The molecule has 0 fully saturated rings. The Morgan fingerprint density at radius 2 is 1.76 bits per heavy atom. The first-order valence-corrected chi connectivity index (χ1v) is 7.26. The Hall–Kier alpha value is -2.96. The van der Waals surface area contributed by atoms with Crippen LogP contribution in [0, 0.1) is 0 Å². The molecule has 0 radical (unpaired) electrons. The number of carbonyl (C=O) groups excluding carboxylic acids is 1. The fraction of sp³-hybridized carbons (Fsp3) is 0.167. The summed E-state index contributed by atoms with van der Waals surface area (Å²) in [5.74, 6) is 0.0516. The van der Waals surface area contributed by atoms with Crippen molar-refractivity contribution in [2.45, 2.75) is 6.36 Å². The van der Waals surface area contributed by atoms with Crippen molar-refractivity contribution in [1.82, 2.24) is 5.32 Å². The number of methoxy groups -OCH3 is 1. The number of nitrogens with one attached hydrogen (secondary N) is 1. The normalized spacial score (nSPS) is 11.4. The van der Waals surface area contributed by atoms with E-state index in [-0.39, 0.29) is 11.7 Å². The number of benzene rings is 2. The molecule has 0 aliphatic carbocycles. The van der Waals surface area contributed by atoms with E-state index in [0.717, 1.165) is 0 Å². The summed E-state index contributed by atoms with van der Waals surface area (Å²) in [7, 11) is 3.04. The lowest BCUT2D eigenvalue weighted by atomic mass is 10.1. The van der Waals surface area contributed by atoms with Gasteiger partial charge in [-0.1, -0.05) is 24.3 Å². The summed E-state index contributed by atoms with van der Waals surface area (Å²) in [5, 5.41) is 2.53. The third-order valence-corrected chi connectivity index (χ3v) is 3.29. The van der Waals surface area contributed by atoms with Crippen LogP contribution in [0.4, 0.5) is 13.2 Å². The summed E-state index contributed by atoms with van der Waals surface area (Å²) >= 11 is 0. The van der Waals surface area contributed by atoms with Crippen molar-refractivity contribution >= 4 is 18.1 Å². The fourth-order valence-electron chi connectivity index (χ4n) is 2.12. The van der Waals surface area contributed by atoms with Gasteiger partial charge in [-0.2, -0.15) is 0 Å². The van der Waals surface area contributed by atoms with Crippen molar-refractivity contribution in [3.63, 3.8) is 0 Å². The first-order chi connectivity index (χ1) is 11.8. The first kappa shape index (κ1) is 18.4. The molecule has 0 heterocycles. The van der Waals surface area contributed by atoms with E-state index >= 15 is 0 Å². The smallest absolute Gasteiger partial charge is 0.496 e. The van der Waals surface area contributed by atoms with Crippen molar-refractivity contribution in [2.75, 3.05) is 14.2 Å². The molecule has 0 saturated carbocycles. The molecule has 132 valence electrons. The number of amides is 1. The molecule has 0 bridgehead atoms. The maximum Gasteiger partial charge on any atom is 0.573 e. The Morgan fingerprint density at radius 1 is 1.08 bits per heavy atom. The van der Waals surface area contributed by atoms with Gasteiger partial charge in [0.25, 0.3) is 5.91 Å². The maximum atomic E-state index is 12.1. The van der Waals surface area contributed by atoms with Gasteiger partial charge in [0.1, 0.15) is 11.5 Å². The number of rotatable bonds is 5. The van der Waals surface area contributed by atoms with Crippen LogP contribution < -0.4 is 14.8 Å². The highest BCUT2D eigenvalue weighted by atomic mass is 19.4. The van der Waals surface area contributed by atoms with Gasteiger partial charge in [0, 0.05) is 18.2 Å². The lowest BCUT2D eigenvalue weighted by molar-refractivity contribution is -0.274. The molecule has 0 saturated heterocycles. The first-order valence-electron chi connectivity index (χ1n) is 7.26. The zero-order valence-electron chi connectivity index (χ0n) is 13.6. The van der Waals surface area contributed by atoms with Crippen molar-refractivity contribution in [3.05, 3.63) is 59.2 Å². The molecule has 0 aliphatic rings. The van der Waals surface area contributed by atoms with E-state index in [1.807, 2.05) is 0 Å². The highest BCUT2D eigenvalue weighted by molar-refractivity contribution is 5.95. The molecule has 0 aromatic heterocycles. The molecule has 1 amide bonds. The number of hydrogen-bond acceptors (Lipinski definition) is 3. The van der Waals surface area contributed by atoms with Gasteiger partial charge in [-0.15, -0.1) is 13.2 Å². The van der Waals surface area contributed by atoms with Crippen LogP contribution in [0.5, 0.6) is 11.5 Å². The van der Waals surface area contributed by atoms with Crippen LogP contribution >= 0.6 is 0 Å². The van der Waals surface area contributed by atoms with Crippen LogP contribution in [0.1, 0.15) is 21.5 Å². The fourth-order valence-corrected chi connectivity index (χ4v) is 2.12. The molecule has 1 N–H and O–H groups in total. The van der Waals surface area contributed by atoms with Gasteiger partial charge < -0.3 is 14.8 Å². The third kappa shape index (κ3) is 5.27. The Bertz CT molecular complexity index is 768. The molecule has 0 aliphatic heterocycles. The number of hydrogen-bond donors (Lipinski definition) is 1. The predicted molar refractivity (Wildman–Crippen MR) is 88.4 cm³/mol. The summed E-state index contributed by atoms with van der Waals surface area (Å²) in [6.07, 6.45) is -1.31. The standard InChI is InChI=1S/C18H16F3NO3/c1-22-17(23)14-7-10-16(24-2)13(11-14)6-3-12-4-8-15(9-5-12)25-18(19,20)21/h3-11H,1-2H3,(H,22,23)/b6-3+. The van der Waals surface area contributed by atoms with E-state index < -0.39 is 6.36 Å². The second kappa shape index (κ2) is 7.74. The summed E-state index contributed by atoms with van der Waals surface area (Å²) in [5.41, 5.74) is 1.80. The highest BCUT2D eigenvalue weighted by Gasteiger charge is 2.30. The van der Waals surface area contributed by atoms with E-state index in [2.05, 4.69) is 10.1 Å². The van der Waals surface area contributed by atoms with Crippen LogP contribution in [0.15, 0.2) is 42.5 Å². The van der Waals surface area contributed by atoms with Gasteiger partial charge in [0.05, 0.1) is 7.11 Å². The summed E-state index contributed by atoms with van der Waals surface area (Å²) in [6, 6.07) is 10.4. The Labute approximate surface area is 142 Å². The van der Waals surface area contributed by atoms with Gasteiger partial charge in [-0.25, -0.2) is 0 Å². The third-order valence-electron chi connectivity index (χ3n) is 3.29. The summed E-state index contributed by atoms with van der Waals surface area (Å²) < 4.78 is 45.5. The number of carbonyl (C=O) groups is 1. The van der Waals surface area contributed by atoms with Gasteiger partial charge in [0.2, 0.25) is 0 Å². The second-order valence-corrected chi connectivity index (χ2v) is 4.99. The van der Waals surface area contributed by atoms with Crippen LogP contribution in [0.2, 0.25) is 0 Å². The van der Waals surface area contributed by atoms with E-state index in [1.165, 1.54) is 38.4 Å². The van der Waals surface area contributed by atoms with Gasteiger partial charge in [-0.05, 0) is 35.9 Å². The Morgan fingerprint density at radius 3 is 2.32 bits per heavy atom. The maximum absolute atomic E-state index is 12.1. The molecule has 2 aromatic carbocycles. The van der Waals surface area contributed by atoms with Crippen molar-refractivity contribution in [1.29, 1.82) is 0 Å². The minimum Gasteiger partial charge on any atom is -0.496 e. The average Bonchev–Trinajstić information content (AvgIpc) is 2.58. The van der Waals surface area contributed by atoms with Crippen LogP contribution in [-0.4, -0.2) is 26.4 Å². The lowest BCUT2D eigenvalue weighted by Crippen LogP contribution is -2.17. The zero-order chi connectivity index (χ0) is 18.4. The molecule has 2 rings (SSSR count). The van der Waals surface area contributed by atoms with Gasteiger partial charge in [0.15, 0.2) is 0 Å². The molecular weight excluding hydrogens is 335 g/mol. The second-order valence-electron chi connectivity index (χ2n) is 4.99. The van der Waals surface area contributed by atoms with Gasteiger partial charge in [-0.3, -0.25) is 4.79 Å². The highest BCUT2D eigenvalue weighted by Crippen LogP contribution is 2.25. The monoisotopic (exact) mass is 351 g/mol. The largest absolute Gasteiger partial charge is 0.573 e. The SMILES string of the molecule is CNC(=O)c1ccc(OC)c(/C=C/c2ccc(OC(F)(F)F)cc2)c1. The van der Waals surface area contributed by atoms with Crippen molar-refractivity contribution < 1.29 is 27.4 Å². The number of alkyl halides is 3.